The average Bonchev–Trinajstić information content (AvgIpc) is 2.92. The lowest BCUT2D eigenvalue weighted by Gasteiger charge is -2.34. The number of carbonyl (C=O) groups excluding carboxylic acids is 1. The van der Waals surface area contributed by atoms with Crippen molar-refractivity contribution in [2.24, 2.45) is 5.92 Å². The molecule has 0 radical (unpaired) electrons. The van der Waals surface area contributed by atoms with Crippen LogP contribution < -0.4 is 13.8 Å². The number of benzene rings is 3. The summed E-state index contributed by atoms with van der Waals surface area (Å²) in [6.45, 7) is 0.538. The number of rotatable bonds is 9. The summed E-state index contributed by atoms with van der Waals surface area (Å²) >= 11 is 0. The fraction of sp³-hybridized carbons (Fsp3) is 0.321. The molecule has 0 aromatic heterocycles. The third kappa shape index (κ3) is 6.05. The number of hydrogen-bond acceptors (Lipinski definition) is 5. The van der Waals surface area contributed by atoms with Crippen molar-refractivity contribution < 1.29 is 27.1 Å². The van der Waals surface area contributed by atoms with Gasteiger partial charge in [-0.25, -0.2) is 12.8 Å². The third-order valence-corrected chi connectivity index (χ3v) is 8.43. The highest BCUT2D eigenvalue weighted by Gasteiger charge is 2.32. The van der Waals surface area contributed by atoms with Crippen molar-refractivity contribution in [3.8, 4) is 11.5 Å². The lowest BCUT2D eigenvalue weighted by Crippen LogP contribution is -2.46. The molecule has 0 aliphatic carbocycles. The molecule has 9 heteroatoms. The summed E-state index contributed by atoms with van der Waals surface area (Å²) in [5, 5.41) is 0. The molecule has 0 atom stereocenters. The first-order valence-corrected chi connectivity index (χ1v) is 13.6. The van der Waals surface area contributed by atoms with Crippen LogP contribution in [0.5, 0.6) is 11.5 Å². The van der Waals surface area contributed by atoms with Gasteiger partial charge in [0.1, 0.15) is 12.4 Å². The summed E-state index contributed by atoms with van der Waals surface area (Å²) in [6.07, 6.45) is 2.59. The van der Waals surface area contributed by atoms with Gasteiger partial charge in [0.15, 0.2) is 11.5 Å². The Kier molecular flexibility index (Phi) is 8.33. The monoisotopic (exact) mass is 526 g/mol. The van der Waals surface area contributed by atoms with E-state index in [9.17, 15) is 17.6 Å². The molecule has 0 bridgehead atoms. The molecule has 4 rings (SSSR count). The molecule has 1 saturated heterocycles. The molecule has 37 heavy (non-hydrogen) atoms. The van der Waals surface area contributed by atoms with Crippen LogP contribution in [0.4, 0.5) is 10.1 Å². The summed E-state index contributed by atoms with van der Waals surface area (Å²) in [5.41, 5.74) is 1.07. The van der Waals surface area contributed by atoms with E-state index in [2.05, 4.69) is 12.1 Å². The van der Waals surface area contributed by atoms with E-state index in [-0.39, 0.29) is 22.2 Å². The number of para-hydroxylation sites is 1. The molecule has 1 aliphatic heterocycles. The Hall–Kier alpha value is -3.59. The van der Waals surface area contributed by atoms with Crippen LogP contribution in [0.2, 0.25) is 0 Å². The van der Waals surface area contributed by atoms with E-state index in [1.165, 1.54) is 62.2 Å². The Balaban J connectivity index is 1.54. The van der Waals surface area contributed by atoms with E-state index in [4.69, 9.17) is 9.47 Å². The second-order valence-electron chi connectivity index (χ2n) is 8.99. The maximum absolute atomic E-state index is 14.8. The molecule has 3 aromatic carbocycles. The molecule has 1 fully saturated rings. The predicted octanol–water partition coefficient (Wildman–Crippen LogP) is 4.52. The number of halogens is 1. The van der Waals surface area contributed by atoms with Gasteiger partial charge in [0.05, 0.1) is 24.8 Å². The summed E-state index contributed by atoms with van der Waals surface area (Å²) < 4.78 is 53.6. The quantitative estimate of drug-likeness (QED) is 0.410. The Labute approximate surface area is 217 Å². The second kappa shape index (κ2) is 11.6. The largest absolute Gasteiger partial charge is 0.493 e. The first kappa shape index (κ1) is 26.5. The van der Waals surface area contributed by atoms with Crippen LogP contribution in [-0.2, 0) is 21.2 Å². The van der Waals surface area contributed by atoms with Crippen molar-refractivity contribution in [3.05, 3.63) is 84.2 Å². The van der Waals surface area contributed by atoms with Crippen LogP contribution >= 0.6 is 0 Å². The van der Waals surface area contributed by atoms with Gasteiger partial charge in [-0.05, 0) is 55.0 Å². The molecule has 0 saturated carbocycles. The zero-order chi connectivity index (χ0) is 26.4. The highest BCUT2D eigenvalue weighted by Crippen LogP contribution is 2.33. The van der Waals surface area contributed by atoms with E-state index in [0.29, 0.717) is 24.8 Å². The minimum Gasteiger partial charge on any atom is -0.493 e. The van der Waals surface area contributed by atoms with Crippen LogP contribution in [0.3, 0.4) is 0 Å². The molecule has 0 spiro atoms. The SMILES string of the molecule is COc1ccc(S(=O)(=O)N(CC(=O)N2CCC(Cc3ccccc3)CC2)c2ccccc2F)cc1OC. The first-order chi connectivity index (χ1) is 17.8. The van der Waals surface area contributed by atoms with E-state index in [1.807, 2.05) is 18.2 Å². The van der Waals surface area contributed by atoms with Gasteiger partial charge in [0.2, 0.25) is 5.91 Å². The lowest BCUT2D eigenvalue weighted by atomic mass is 9.90. The maximum atomic E-state index is 14.8. The van der Waals surface area contributed by atoms with E-state index >= 15 is 0 Å². The van der Waals surface area contributed by atoms with Gasteiger partial charge in [0.25, 0.3) is 10.0 Å². The first-order valence-electron chi connectivity index (χ1n) is 12.1. The number of methoxy groups -OCH3 is 2. The third-order valence-electron chi connectivity index (χ3n) is 6.68. The number of sulfonamides is 1. The van der Waals surface area contributed by atoms with Crippen LogP contribution in [0.15, 0.2) is 77.7 Å². The van der Waals surface area contributed by atoms with Crippen LogP contribution in [-0.4, -0.2) is 53.1 Å². The molecule has 1 heterocycles. The van der Waals surface area contributed by atoms with Gasteiger partial charge >= 0.3 is 0 Å². The maximum Gasteiger partial charge on any atom is 0.265 e. The van der Waals surface area contributed by atoms with Gasteiger partial charge in [-0.3, -0.25) is 9.10 Å². The molecule has 0 N–H and O–H groups in total. The lowest BCUT2D eigenvalue weighted by molar-refractivity contribution is -0.130. The molecule has 0 unspecified atom stereocenters. The number of piperidine rings is 1. The molecular weight excluding hydrogens is 495 g/mol. The van der Waals surface area contributed by atoms with Crippen LogP contribution in [0.25, 0.3) is 0 Å². The number of nitrogens with zero attached hydrogens (tertiary/aromatic N) is 2. The molecule has 1 amide bonds. The van der Waals surface area contributed by atoms with Gasteiger partial charge in [-0.1, -0.05) is 42.5 Å². The zero-order valence-corrected chi connectivity index (χ0v) is 21.8. The van der Waals surface area contributed by atoms with Crippen LogP contribution in [0.1, 0.15) is 18.4 Å². The molecular formula is C28H31FN2O5S. The van der Waals surface area contributed by atoms with Crippen LogP contribution in [0, 0.1) is 11.7 Å². The fourth-order valence-corrected chi connectivity index (χ4v) is 6.05. The minimum atomic E-state index is -4.31. The number of likely N-dealkylation sites (tertiary alicyclic amines) is 1. The highest BCUT2D eigenvalue weighted by molar-refractivity contribution is 7.92. The smallest absolute Gasteiger partial charge is 0.265 e. The Morgan fingerprint density at radius 2 is 1.59 bits per heavy atom. The second-order valence-corrected chi connectivity index (χ2v) is 10.9. The Morgan fingerprint density at radius 3 is 2.24 bits per heavy atom. The highest BCUT2D eigenvalue weighted by atomic mass is 32.2. The summed E-state index contributed by atoms with van der Waals surface area (Å²) in [6, 6.07) is 19.9. The van der Waals surface area contributed by atoms with Crippen molar-refractivity contribution in [2.75, 3.05) is 38.2 Å². The van der Waals surface area contributed by atoms with Crippen molar-refractivity contribution in [3.63, 3.8) is 0 Å². The Morgan fingerprint density at radius 1 is 0.946 bits per heavy atom. The van der Waals surface area contributed by atoms with Gasteiger partial charge in [0, 0.05) is 19.2 Å². The number of ether oxygens (including phenoxy) is 2. The summed E-state index contributed by atoms with van der Waals surface area (Å²) in [7, 11) is -1.47. The minimum absolute atomic E-state index is 0.136. The van der Waals surface area contributed by atoms with Gasteiger partial charge in [-0.2, -0.15) is 0 Å². The fourth-order valence-electron chi connectivity index (χ4n) is 4.61. The van der Waals surface area contributed by atoms with E-state index < -0.39 is 22.4 Å². The molecule has 3 aromatic rings. The number of carbonyl (C=O) groups is 1. The van der Waals surface area contributed by atoms with E-state index in [1.54, 1.807) is 4.90 Å². The normalized spacial score (nSPS) is 14.3. The van der Waals surface area contributed by atoms with Crippen molar-refractivity contribution in [1.29, 1.82) is 0 Å². The number of amides is 1. The number of hydrogen-bond donors (Lipinski definition) is 0. The zero-order valence-electron chi connectivity index (χ0n) is 21.0. The van der Waals surface area contributed by atoms with Gasteiger partial charge < -0.3 is 14.4 Å². The van der Waals surface area contributed by atoms with Gasteiger partial charge in [-0.15, -0.1) is 0 Å². The Bertz CT molecular complexity index is 1330. The van der Waals surface area contributed by atoms with Crippen molar-refractivity contribution >= 4 is 21.6 Å². The average molecular weight is 527 g/mol. The molecule has 1 aliphatic rings. The van der Waals surface area contributed by atoms with Crippen molar-refractivity contribution in [1.82, 2.24) is 4.90 Å². The predicted molar refractivity (Wildman–Crippen MR) is 140 cm³/mol. The number of anilines is 1. The van der Waals surface area contributed by atoms with E-state index in [0.717, 1.165) is 23.6 Å². The topological polar surface area (TPSA) is 76.2 Å². The van der Waals surface area contributed by atoms with Crippen molar-refractivity contribution in [2.45, 2.75) is 24.2 Å². The standard InChI is InChI=1S/C28H31FN2O5S/c1-35-26-13-12-23(19-27(26)36-2)37(33,34)31(25-11-7-6-10-24(25)29)20-28(32)30-16-14-22(15-17-30)18-21-8-4-3-5-9-21/h3-13,19,22H,14-18,20H2,1-2H3. The molecule has 7 nitrogen and oxygen atoms in total. The molecule has 196 valence electrons. The summed E-state index contributed by atoms with van der Waals surface area (Å²) in [4.78, 5) is 14.8. The summed E-state index contributed by atoms with van der Waals surface area (Å²) in [5.74, 6) is -0.0896.